The molecule has 24 heteroatoms. The Morgan fingerprint density at radius 1 is 0.827 bits per heavy atom. The zero-order valence-corrected chi connectivity index (χ0v) is 47.7. The van der Waals surface area contributed by atoms with E-state index in [1.807, 2.05) is 37.3 Å². The second kappa shape index (κ2) is 34.4. The van der Waals surface area contributed by atoms with Crippen molar-refractivity contribution in [3.8, 4) is 0 Å². The lowest BCUT2D eigenvalue weighted by molar-refractivity contribution is -0.154. The van der Waals surface area contributed by atoms with Gasteiger partial charge in [-0.25, -0.2) is 4.99 Å². The molecule has 0 bridgehead atoms. The first-order valence-electron chi connectivity index (χ1n) is 27.9. The number of ether oxygens (including phenoxy) is 6. The monoisotopic (exact) mass is 1150 g/mol. The quantitative estimate of drug-likeness (QED) is 0.0559. The number of aliphatic hydroxyl groups excluding tert-OH is 1. The Labute approximate surface area is 479 Å². The van der Waals surface area contributed by atoms with E-state index in [2.05, 4.69) is 33.7 Å². The number of hydrogen-bond acceptors (Lipinski definition) is 18. The number of carbonyl (C=O) groups excluding carboxylic acids is 6. The second-order valence-electron chi connectivity index (χ2n) is 19.8. The predicted octanol–water partition coefficient (Wildman–Crippen LogP) is 2.59. The molecule has 0 unspecified atom stereocenters. The van der Waals surface area contributed by atoms with Crippen LogP contribution in [0.15, 0.2) is 66.3 Å². The number of fused-ring (bicyclic) bond motifs is 2. The van der Waals surface area contributed by atoms with Gasteiger partial charge in [-0.05, 0) is 67.2 Å². The SMILES string of the molecule is C=CC(=O)N1CN(C(=O)C=C)CN(C(=O)CCSCC(=O)NCCOCCOCCOCCOCCOCCOCCCN2CCc3ncc(NC(=O)C4(c5ccc6c(c5)N=C(N)CC(C(=O)N(CCC)CCO)=C6)CC4)cc3C2)C1. The number of benzene rings is 1. The number of amidine groups is 1. The maximum atomic E-state index is 13.9. The van der Waals surface area contributed by atoms with Gasteiger partial charge in [0.2, 0.25) is 35.4 Å². The van der Waals surface area contributed by atoms with E-state index in [1.54, 1.807) is 11.1 Å². The normalized spacial score (nSPS) is 15.6. The van der Waals surface area contributed by atoms with Crippen LogP contribution >= 0.6 is 11.8 Å². The fourth-order valence-electron chi connectivity index (χ4n) is 9.34. The highest BCUT2D eigenvalue weighted by molar-refractivity contribution is 7.99. The van der Waals surface area contributed by atoms with Gasteiger partial charge < -0.3 is 69.5 Å². The number of thioether (sulfide) groups is 1. The standard InChI is InChI=1S/C57H82N10O13S/c1-4-15-64(18-19-68)55(73)44-33-43-8-9-46(36-49(43)62-50(58)35-44)57(12-13-57)56(74)61-47-34-45-38-63(17-10-48(45)60-37-47)16-7-20-75-22-24-77-26-28-79-30-31-80-29-27-78-25-23-76-21-14-59-51(69)39-81-32-11-54(72)67-41-65(52(70)5-2)40-66(42-67)53(71)6-3/h5-6,8-9,33-34,36-37,68H,2-4,7,10-32,35,38-42H2,1H3,(H2,58,62)(H,59,69)(H,61,74). The first-order chi connectivity index (χ1) is 39.4. The molecule has 1 aliphatic carbocycles. The maximum Gasteiger partial charge on any atom is 0.250 e. The molecule has 81 heavy (non-hydrogen) atoms. The minimum Gasteiger partial charge on any atom is -0.395 e. The lowest BCUT2D eigenvalue weighted by Gasteiger charge is -2.41. The van der Waals surface area contributed by atoms with E-state index in [9.17, 15) is 33.9 Å². The summed E-state index contributed by atoms with van der Waals surface area (Å²) in [4.78, 5) is 94.0. The van der Waals surface area contributed by atoms with Crippen LogP contribution in [0.1, 0.15) is 67.8 Å². The zero-order chi connectivity index (χ0) is 57.8. The Balaban J connectivity index is 0.718. The van der Waals surface area contributed by atoms with Gasteiger partial charge in [-0.1, -0.05) is 32.2 Å². The number of anilines is 1. The highest BCUT2D eigenvalue weighted by atomic mass is 32.2. The number of nitrogens with two attached hydrogens (primary N) is 1. The van der Waals surface area contributed by atoms with Crippen molar-refractivity contribution in [2.45, 2.75) is 63.8 Å². The van der Waals surface area contributed by atoms with Gasteiger partial charge >= 0.3 is 0 Å². The Bertz CT molecular complexity index is 2480. The lowest BCUT2D eigenvalue weighted by Crippen LogP contribution is -2.59. The number of aromatic nitrogens is 1. The highest BCUT2D eigenvalue weighted by Gasteiger charge is 2.51. The van der Waals surface area contributed by atoms with Crippen molar-refractivity contribution >= 4 is 70.5 Å². The molecule has 1 aromatic carbocycles. The fourth-order valence-corrected chi connectivity index (χ4v) is 10.1. The number of aliphatic hydroxyl groups is 1. The molecule has 0 radical (unpaired) electrons. The van der Waals surface area contributed by atoms with Crippen LogP contribution in [0.2, 0.25) is 0 Å². The van der Waals surface area contributed by atoms with E-state index in [0.29, 0.717) is 134 Å². The van der Waals surface area contributed by atoms with E-state index >= 15 is 0 Å². The van der Waals surface area contributed by atoms with Gasteiger partial charge in [0.25, 0.3) is 0 Å². The molecule has 4 heterocycles. The maximum absolute atomic E-state index is 13.9. The molecule has 2 aromatic rings. The van der Waals surface area contributed by atoms with E-state index in [4.69, 9.17) is 39.1 Å². The van der Waals surface area contributed by atoms with Gasteiger partial charge in [-0.15, -0.1) is 0 Å². The Hall–Kier alpha value is -6.09. The molecule has 1 saturated carbocycles. The van der Waals surface area contributed by atoms with E-state index in [-0.39, 0.29) is 87.2 Å². The molecule has 3 aliphatic heterocycles. The van der Waals surface area contributed by atoms with Gasteiger partial charge in [0.15, 0.2) is 0 Å². The van der Waals surface area contributed by atoms with Crippen LogP contribution in [0.5, 0.6) is 0 Å². The third kappa shape index (κ3) is 20.7. The summed E-state index contributed by atoms with van der Waals surface area (Å²) in [6.45, 7) is 17.9. The number of hydrogen-bond donors (Lipinski definition) is 4. The van der Waals surface area contributed by atoms with Crippen molar-refractivity contribution in [2.24, 2.45) is 10.7 Å². The molecule has 6 amide bonds. The number of carbonyl (C=O) groups is 6. The van der Waals surface area contributed by atoms with Gasteiger partial charge in [0, 0.05) is 87.7 Å². The summed E-state index contributed by atoms with van der Waals surface area (Å²) in [7, 11) is 0. The van der Waals surface area contributed by atoms with Crippen molar-refractivity contribution < 1.29 is 62.3 Å². The smallest absolute Gasteiger partial charge is 0.250 e. The molecule has 1 saturated heterocycles. The summed E-state index contributed by atoms with van der Waals surface area (Å²) >= 11 is 1.32. The largest absolute Gasteiger partial charge is 0.395 e. The molecule has 6 rings (SSSR count). The van der Waals surface area contributed by atoms with Crippen LogP contribution in [0.4, 0.5) is 11.4 Å². The van der Waals surface area contributed by atoms with Crippen molar-refractivity contribution in [1.29, 1.82) is 0 Å². The van der Waals surface area contributed by atoms with Crippen molar-refractivity contribution in [1.82, 2.24) is 34.8 Å². The summed E-state index contributed by atoms with van der Waals surface area (Å²) in [6.07, 6.45) is 10.1. The van der Waals surface area contributed by atoms with Crippen LogP contribution in [-0.4, -0.2) is 226 Å². The molecule has 1 aromatic heterocycles. The average molecular weight is 1150 g/mol. The van der Waals surface area contributed by atoms with Crippen LogP contribution in [0, 0.1) is 0 Å². The first-order valence-corrected chi connectivity index (χ1v) is 29.0. The number of amides is 6. The summed E-state index contributed by atoms with van der Waals surface area (Å²) in [5.41, 5.74) is 11.2. The van der Waals surface area contributed by atoms with Gasteiger partial charge in [-0.2, -0.15) is 11.8 Å². The van der Waals surface area contributed by atoms with Crippen LogP contribution in [0.25, 0.3) is 6.08 Å². The number of pyridine rings is 1. The predicted molar refractivity (Wildman–Crippen MR) is 307 cm³/mol. The van der Waals surface area contributed by atoms with Crippen molar-refractivity contribution in [3.63, 3.8) is 0 Å². The van der Waals surface area contributed by atoms with E-state index in [1.165, 1.54) is 26.5 Å². The molecule has 2 fully saturated rings. The molecule has 5 N–H and O–H groups in total. The highest BCUT2D eigenvalue weighted by Crippen LogP contribution is 2.50. The molecule has 4 aliphatic rings. The van der Waals surface area contributed by atoms with E-state index in [0.717, 1.165) is 73.4 Å². The third-order valence-electron chi connectivity index (χ3n) is 13.8. The van der Waals surface area contributed by atoms with Gasteiger partial charge in [-0.3, -0.25) is 38.7 Å². The van der Waals surface area contributed by atoms with Crippen LogP contribution in [-0.2, 0) is 75.6 Å². The number of rotatable bonds is 37. The van der Waals surface area contributed by atoms with Crippen molar-refractivity contribution in [3.05, 3.63) is 83.7 Å². The summed E-state index contributed by atoms with van der Waals surface area (Å²) < 4.78 is 33.7. The fraction of sp³-hybridized carbons (Fsp3) is 0.579. The Kier molecular flexibility index (Phi) is 27.2. The third-order valence-corrected chi connectivity index (χ3v) is 14.7. The molecule has 0 spiro atoms. The number of aliphatic imine (C=N–C) groups is 1. The molecule has 0 atom stereocenters. The van der Waals surface area contributed by atoms with Gasteiger partial charge in [0.05, 0.1) is 128 Å². The van der Waals surface area contributed by atoms with Gasteiger partial charge in [0.1, 0.15) is 5.84 Å². The molecular weight excluding hydrogens is 1060 g/mol. The zero-order valence-electron chi connectivity index (χ0n) is 46.9. The Morgan fingerprint density at radius 2 is 1.44 bits per heavy atom. The number of nitrogens with zero attached hydrogens (tertiary/aromatic N) is 7. The topological polar surface area (TPSA) is 270 Å². The lowest BCUT2D eigenvalue weighted by atomic mass is 9.92. The van der Waals surface area contributed by atoms with E-state index < -0.39 is 5.41 Å². The number of nitrogens with one attached hydrogen (secondary N) is 2. The summed E-state index contributed by atoms with van der Waals surface area (Å²) in [5, 5.41) is 15.5. The second-order valence-corrected chi connectivity index (χ2v) is 20.9. The summed E-state index contributed by atoms with van der Waals surface area (Å²) in [5.74, 6) is -0.539. The molecular formula is C57H82N10O13S. The molecule has 444 valence electrons. The minimum atomic E-state index is -0.688. The average Bonchev–Trinajstić information content (AvgIpc) is 4.52. The summed E-state index contributed by atoms with van der Waals surface area (Å²) in [6, 6.07) is 7.81. The van der Waals surface area contributed by atoms with Crippen LogP contribution < -0.4 is 16.4 Å². The Morgan fingerprint density at radius 3 is 2.05 bits per heavy atom. The van der Waals surface area contributed by atoms with Crippen LogP contribution in [0.3, 0.4) is 0 Å². The molecule has 23 nitrogen and oxygen atoms in total. The first kappa shape index (κ1) is 64.1. The van der Waals surface area contributed by atoms with Crippen molar-refractivity contribution in [2.75, 3.05) is 155 Å². The minimum absolute atomic E-state index is 0.0456.